The highest BCUT2D eigenvalue weighted by atomic mass is 35.5. The van der Waals surface area contributed by atoms with Gasteiger partial charge in [-0.15, -0.1) is 12.4 Å². The molecule has 1 heterocycles. The first kappa shape index (κ1) is 16.7. The van der Waals surface area contributed by atoms with Crippen molar-refractivity contribution in [2.45, 2.75) is 70.1 Å². The fourth-order valence-electron chi connectivity index (χ4n) is 3.22. The first-order valence-corrected chi connectivity index (χ1v) is 7.40. The number of hydrogen-bond acceptors (Lipinski definition) is 3. The van der Waals surface area contributed by atoms with Crippen molar-refractivity contribution in [3.05, 3.63) is 0 Å². The molecule has 4 nitrogen and oxygen atoms in total. The Morgan fingerprint density at radius 3 is 2.53 bits per heavy atom. The minimum Gasteiger partial charge on any atom is -0.392 e. The molecule has 0 radical (unpaired) electrons. The zero-order valence-electron chi connectivity index (χ0n) is 11.7. The lowest BCUT2D eigenvalue weighted by Crippen LogP contribution is -2.46. The second kappa shape index (κ2) is 8.08. The van der Waals surface area contributed by atoms with E-state index in [1.54, 1.807) is 0 Å². The SMILES string of the molecule is CCCC1CCC(NC(=O)C2CC(O)CN2)CC1.Cl. The molecule has 0 aromatic carbocycles. The monoisotopic (exact) mass is 290 g/mol. The van der Waals surface area contributed by atoms with Crippen LogP contribution < -0.4 is 10.6 Å². The van der Waals surface area contributed by atoms with Crippen molar-refractivity contribution >= 4 is 18.3 Å². The third kappa shape index (κ3) is 4.93. The van der Waals surface area contributed by atoms with E-state index in [1.807, 2.05) is 0 Å². The molecule has 19 heavy (non-hydrogen) atoms. The van der Waals surface area contributed by atoms with Gasteiger partial charge in [0.15, 0.2) is 0 Å². The maximum Gasteiger partial charge on any atom is 0.237 e. The minimum absolute atomic E-state index is 0. The van der Waals surface area contributed by atoms with Crippen LogP contribution in [0.1, 0.15) is 51.9 Å². The van der Waals surface area contributed by atoms with Gasteiger partial charge < -0.3 is 15.7 Å². The van der Waals surface area contributed by atoms with Gasteiger partial charge >= 0.3 is 0 Å². The predicted octanol–water partition coefficient (Wildman–Crippen LogP) is 1.61. The fourth-order valence-corrected chi connectivity index (χ4v) is 3.22. The quantitative estimate of drug-likeness (QED) is 0.737. The molecule has 0 aromatic heterocycles. The summed E-state index contributed by atoms with van der Waals surface area (Å²) in [6.45, 7) is 2.78. The highest BCUT2D eigenvalue weighted by molar-refractivity contribution is 5.85. The average Bonchev–Trinajstić information content (AvgIpc) is 2.79. The Morgan fingerprint density at radius 1 is 1.32 bits per heavy atom. The second-order valence-corrected chi connectivity index (χ2v) is 5.87. The average molecular weight is 291 g/mol. The maximum absolute atomic E-state index is 12.0. The molecule has 1 amide bonds. The number of carbonyl (C=O) groups excluding carboxylic acids is 1. The van der Waals surface area contributed by atoms with Crippen molar-refractivity contribution in [3.63, 3.8) is 0 Å². The van der Waals surface area contributed by atoms with Crippen LogP contribution in [0.25, 0.3) is 0 Å². The van der Waals surface area contributed by atoms with Gasteiger partial charge in [-0.25, -0.2) is 0 Å². The molecule has 0 aromatic rings. The summed E-state index contributed by atoms with van der Waals surface area (Å²) in [7, 11) is 0. The summed E-state index contributed by atoms with van der Waals surface area (Å²) in [5.41, 5.74) is 0. The first-order valence-electron chi connectivity index (χ1n) is 7.40. The molecule has 3 N–H and O–H groups in total. The third-order valence-corrected chi connectivity index (χ3v) is 4.31. The molecule has 2 rings (SSSR count). The van der Waals surface area contributed by atoms with Crippen LogP contribution in [-0.2, 0) is 4.79 Å². The topological polar surface area (TPSA) is 61.4 Å². The van der Waals surface area contributed by atoms with Gasteiger partial charge in [-0.2, -0.15) is 0 Å². The molecule has 0 spiro atoms. The lowest BCUT2D eigenvalue weighted by Gasteiger charge is -2.29. The summed E-state index contributed by atoms with van der Waals surface area (Å²) in [6, 6.07) is 0.165. The fraction of sp³-hybridized carbons (Fsp3) is 0.929. The van der Waals surface area contributed by atoms with Crippen molar-refractivity contribution in [2.75, 3.05) is 6.54 Å². The zero-order valence-corrected chi connectivity index (χ0v) is 12.5. The van der Waals surface area contributed by atoms with E-state index in [4.69, 9.17) is 0 Å². The summed E-state index contributed by atoms with van der Waals surface area (Å²) in [6.07, 6.45) is 7.52. The lowest BCUT2D eigenvalue weighted by atomic mass is 9.83. The van der Waals surface area contributed by atoms with Crippen LogP contribution in [0.15, 0.2) is 0 Å². The molecular formula is C14H27ClN2O2. The van der Waals surface area contributed by atoms with Crippen molar-refractivity contribution in [1.29, 1.82) is 0 Å². The second-order valence-electron chi connectivity index (χ2n) is 5.87. The molecule has 1 saturated carbocycles. The van der Waals surface area contributed by atoms with Gasteiger partial charge in [-0.3, -0.25) is 4.79 Å². The molecule has 2 fully saturated rings. The first-order chi connectivity index (χ1) is 8.69. The molecule has 5 heteroatoms. The molecule has 0 bridgehead atoms. The Balaban J connectivity index is 0.00000180. The summed E-state index contributed by atoms with van der Waals surface area (Å²) in [5.74, 6) is 0.945. The van der Waals surface area contributed by atoms with Crippen molar-refractivity contribution < 1.29 is 9.90 Å². The van der Waals surface area contributed by atoms with Crippen molar-refractivity contribution in [2.24, 2.45) is 5.92 Å². The van der Waals surface area contributed by atoms with Crippen LogP contribution in [0.3, 0.4) is 0 Å². The third-order valence-electron chi connectivity index (χ3n) is 4.31. The van der Waals surface area contributed by atoms with Crippen LogP contribution in [0.4, 0.5) is 0 Å². The van der Waals surface area contributed by atoms with Gasteiger partial charge in [-0.05, 0) is 38.0 Å². The zero-order chi connectivity index (χ0) is 13.0. The smallest absolute Gasteiger partial charge is 0.237 e. The van der Waals surface area contributed by atoms with Crippen LogP contribution in [0, 0.1) is 5.92 Å². The highest BCUT2D eigenvalue weighted by Gasteiger charge is 2.30. The van der Waals surface area contributed by atoms with E-state index in [1.165, 1.54) is 25.7 Å². The van der Waals surface area contributed by atoms with Crippen LogP contribution in [0.2, 0.25) is 0 Å². The van der Waals surface area contributed by atoms with Crippen molar-refractivity contribution in [1.82, 2.24) is 10.6 Å². The molecule has 1 saturated heterocycles. The minimum atomic E-state index is -0.360. The number of aliphatic hydroxyl groups excluding tert-OH is 1. The standard InChI is InChI=1S/C14H26N2O2.ClH/c1-2-3-10-4-6-11(7-5-10)16-14(18)13-8-12(17)9-15-13;/h10-13,15,17H,2-9H2,1H3,(H,16,18);1H. The number of amides is 1. The lowest BCUT2D eigenvalue weighted by molar-refractivity contribution is -0.123. The van der Waals surface area contributed by atoms with E-state index in [9.17, 15) is 9.90 Å². The van der Waals surface area contributed by atoms with Gasteiger partial charge in [0, 0.05) is 12.6 Å². The normalized spacial score (nSPS) is 34.6. The predicted molar refractivity (Wildman–Crippen MR) is 78.5 cm³/mol. The van der Waals surface area contributed by atoms with E-state index in [0.717, 1.165) is 18.8 Å². The number of halogens is 1. The largest absolute Gasteiger partial charge is 0.392 e. The van der Waals surface area contributed by atoms with E-state index >= 15 is 0 Å². The Hall–Kier alpha value is -0.320. The van der Waals surface area contributed by atoms with E-state index in [-0.39, 0.29) is 30.5 Å². The van der Waals surface area contributed by atoms with Crippen LogP contribution >= 0.6 is 12.4 Å². The summed E-state index contributed by atoms with van der Waals surface area (Å²) < 4.78 is 0. The van der Waals surface area contributed by atoms with Gasteiger partial charge in [0.05, 0.1) is 12.1 Å². The molecule has 2 atom stereocenters. The van der Waals surface area contributed by atoms with E-state index in [0.29, 0.717) is 19.0 Å². The molecule has 112 valence electrons. The van der Waals surface area contributed by atoms with Gasteiger partial charge in [0.1, 0.15) is 0 Å². The molecule has 2 unspecified atom stereocenters. The van der Waals surface area contributed by atoms with E-state index < -0.39 is 0 Å². The van der Waals surface area contributed by atoms with Gasteiger partial charge in [0.2, 0.25) is 5.91 Å². The highest BCUT2D eigenvalue weighted by Crippen LogP contribution is 2.27. The Kier molecular flexibility index (Phi) is 7.11. The Morgan fingerprint density at radius 2 is 2.00 bits per heavy atom. The number of hydrogen-bond donors (Lipinski definition) is 3. The van der Waals surface area contributed by atoms with Gasteiger partial charge in [0.25, 0.3) is 0 Å². The van der Waals surface area contributed by atoms with Crippen LogP contribution in [-0.4, -0.2) is 35.7 Å². The van der Waals surface area contributed by atoms with Crippen molar-refractivity contribution in [3.8, 4) is 0 Å². The Labute approximate surface area is 122 Å². The summed E-state index contributed by atoms with van der Waals surface area (Å²) in [5, 5.41) is 15.6. The summed E-state index contributed by atoms with van der Waals surface area (Å²) >= 11 is 0. The number of β-amino-alcohol motifs (C(OH)–C–C–N with tert-alkyl or cyclic N) is 1. The molecule has 1 aliphatic carbocycles. The number of nitrogens with one attached hydrogen (secondary N) is 2. The maximum atomic E-state index is 12.0. The van der Waals surface area contributed by atoms with Gasteiger partial charge in [-0.1, -0.05) is 19.8 Å². The number of aliphatic hydroxyl groups is 1. The molecule has 2 aliphatic rings. The molecular weight excluding hydrogens is 264 g/mol. The summed E-state index contributed by atoms with van der Waals surface area (Å²) in [4.78, 5) is 12.0. The molecule has 1 aliphatic heterocycles. The number of rotatable bonds is 4. The van der Waals surface area contributed by atoms with Crippen LogP contribution in [0.5, 0.6) is 0 Å². The van der Waals surface area contributed by atoms with E-state index in [2.05, 4.69) is 17.6 Å². The Bertz CT molecular complexity index is 281. The number of carbonyl (C=O) groups is 1.